The number of amides is 1. The van der Waals surface area contributed by atoms with E-state index in [9.17, 15) is 4.79 Å². The predicted molar refractivity (Wildman–Crippen MR) is 136 cm³/mol. The number of rotatable bonds is 7. The SMILES string of the molecule is CCC1=NN2C(=N)/C(=C/c3cn(CCOc4cccc(OC)c4)c4ccccc34)C(=O)N=C2S1. The van der Waals surface area contributed by atoms with Crippen LogP contribution in [0.4, 0.5) is 0 Å². The van der Waals surface area contributed by atoms with Crippen LogP contribution in [0.5, 0.6) is 11.5 Å². The molecule has 0 fully saturated rings. The summed E-state index contributed by atoms with van der Waals surface area (Å²) in [7, 11) is 1.63. The maximum absolute atomic E-state index is 12.7. The summed E-state index contributed by atoms with van der Waals surface area (Å²) in [5.41, 5.74) is 2.09. The zero-order valence-corrected chi connectivity index (χ0v) is 19.6. The highest BCUT2D eigenvalue weighted by molar-refractivity contribution is 8.26. The lowest BCUT2D eigenvalue weighted by Crippen LogP contribution is -2.35. The monoisotopic (exact) mass is 473 g/mol. The van der Waals surface area contributed by atoms with Gasteiger partial charge in [-0.05, 0) is 42.5 Å². The molecule has 0 radical (unpaired) electrons. The summed E-state index contributed by atoms with van der Waals surface area (Å²) < 4.78 is 13.3. The summed E-state index contributed by atoms with van der Waals surface area (Å²) in [5, 5.41) is 16.7. The van der Waals surface area contributed by atoms with Crippen molar-refractivity contribution in [3.63, 3.8) is 0 Å². The minimum absolute atomic E-state index is 0.0455. The lowest BCUT2D eigenvalue weighted by molar-refractivity contribution is -0.114. The van der Waals surface area contributed by atoms with Crippen LogP contribution in [0, 0.1) is 5.41 Å². The van der Waals surface area contributed by atoms with Gasteiger partial charge in [0.15, 0.2) is 5.84 Å². The Bertz CT molecular complexity index is 1390. The zero-order chi connectivity index (χ0) is 23.7. The number of thioether (sulfide) groups is 1. The van der Waals surface area contributed by atoms with Gasteiger partial charge in [0, 0.05) is 28.7 Å². The van der Waals surface area contributed by atoms with Gasteiger partial charge in [0.25, 0.3) is 5.91 Å². The molecule has 34 heavy (non-hydrogen) atoms. The number of aromatic nitrogens is 1. The van der Waals surface area contributed by atoms with Gasteiger partial charge in [0.2, 0.25) is 5.17 Å². The Hall–Kier alpha value is -3.85. The van der Waals surface area contributed by atoms with Crippen LogP contribution in [0.15, 0.2) is 70.4 Å². The van der Waals surface area contributed by atoms with E-state index in [2.05, 4.69) is 14.7 Å². The van der Waals surface area contributed by atoms with Crippen LogP contribution in [0.1, 0.15) is 18.9 Å². The average Bonchev–Trinajstić information content (AvgIpc) is 3.43. The molecule has 0 aliphatic carbocycles. The molecule has 0 unspecified atom stereocenters. The maximum Gasteiger partial charge on any atom is 0.283 e. The quantitative estimate of drug-likeness (QED) is 0.500. The second kappa shape index (κ2) is 9.18. The molecule has 9 heteroatoms. The molecule has 5 rings (SSSR count). The molecule has 0 saturated carbocycles. The van der Waals surface area contributed by atoms with Crippen molar-refractivity contribution >= 4 is 50.7 Å². The molecule has 1 N–H and O–H groups in total. The number of ether oxygens (including phenoxy) is 2. The van der Waals surface area contributed by atoms with Crippen LogP contribution in [0.3, 0.4) is 0 Å². The molecule has 2 aliphatic heterocycles. The molecule has 3 heterocycles. The first kappa shape index (κ1) is 22.0. The van der Waals surface area contributed by atoms with E-state index in [0.717, 1.165) is 39.4 Å². The van der Waals surface area contributed by atoms with Gasteiger partial charge < -0.3 is 14.0 Å². The second-order valence-corrected chi connectivity index (χ2v) is 8.73. The highest BCUT2D eigenvalue weighted by Gasteiger charge is 2.35. The summed E-state index contributed by atoms with van der Waals surface area (Å²) in [5.74, 6) is 1.11. The Morgan fingerprint density at radius 2 is 1.97 bits per heavy atom. The van der Waals surface area contributed by atoms with Crippen LogP contribution < -0.4 is 9.47 Å². The maximum atomic E-state index is 12.7. The molecule has 2 aromatic carbocycles. The van der Waals surface area contributed by atoms with E-state index in [-0.39, 0.29) is 11.4 Å². The molecule has 1 aromatic heterocycles. The molecular weight excluding hydrogens is 450 g/mol. The third-order valence-electron chi connectivity index (χ3n) is 5.56. The van der Waals surface area contributed by atoms with Gasteiger partial charge in [0.1, 0.15) is 23.1 Å². The summed E-state index contributed by atoms with van der Waals surface area (Å²) in [6.07, 6.45) is 4.44. The highest BCUT2D eigenvalue weighted by atomic mass is 32.2. The lowest BCUT2D eigenvalue weighted by atomic mass is 10.1. The number of aliphatic imine (C=N–C) groups is 1. The summed E-state index contributed by atoms with van der Waals surface area (Å²) in [6, 6.07) is 15.5. The van der Waals surface area contributed by atoms with Crippen molar-refractivity contribution in [2.45, 2.75) is 19.9 Å². The predicted octanol–water partition coefficient (Wildman–Crippen LogP) is 4.76. The van der Waals surface area contributed by atoms with Crippen molar-refractivity contribution in [1.29, 1.82) is 5.41 Å². The Kier molecular flexibility index (Phi) is 5.93. The number of para-hydroxylation sites is 1. The van der Waals surface area contributed by atoms with E-state index in [1.807, 2.05) is 61.7 Å². The Morgan fingerprint density at radius 3 is 2.79 bits per heavy atom. The fraction of sp³-hybridized carbons (Fsp3) is 0.200. The number of nitrogens with zero attached hydrogens (tertiary/aromatic N) is 4. The van der Waals surface area contributed by atoms with Crippen LogP contribution >= 0.6 is 11.8 Å². The van der Waals surface area contributed by atoms with Crippen LogP contribution in [-0.2, 0) is 11.3 Å². The minimum Gasteiger partial charge on any atom is -0.497 e. The van der Waals surface area contributed by atoms with Gasteiger partial charge in [-0.3, -0.25) is 10.2 Å². The fourth-order valence-electron chi connectivity index (χ4n) is 3.86. The van der Waals surface area contributed by atoms with E-state index in [1.165, 1.54) is 16.8 Å². The van der Waals surface area contributed by atoms with Gasteiger partial charge in [-0.1, -0.05) is 31.2 Å². The van der Waals surface area contributed by atoms with Crippen LogP contribution in [-0.4, -0.2) is 45.2 Å². The number of fused-ring (bicyclic) bond motifs is 2. The molecule has 0 spiro atoms. The number of methoxy groups -OCH3 is 1. The first-order valence-electron chi connectivity index (χ1n) is 10.9. The molecule has 3 aromatic rings. The largest absolute Gasteiger partial charge is 0.497 e. The number of hydrogen-bond donors (Lipinski definition) is 1. The normalized spacial score (nSPS) is 16.6. The molecule has 1 amide bonds. The Morgan fingerprint density at radius 1 is 1.15 bits per heavy atom. The number of carbonyl (C=O) groups excluding carboxylic acids is 1. The first-order valence-corrected chi connectivity index (χ1v) is 11.7. The second-order valence-electron chi connectivity index (χ2n) is 7.69. The van der Waals surface area contributed by atoms with E-state index in [1.54, 1.807) is 13.2 Å². The Balaban J connectivity index is 1.41. The van der Waals surface area contributed by atoms with Gasteiger partial charge >= 0.3 is 0 Å². The van der Waals surface area contributed by atoms with Crippen molar-refractivity contribution in [2.24, 2.45) is 10.1 Å². The molecule has 0 saturated heterocycles. The van der Waals surface area contributed by atoms with E-state index in [4.69, 9.17) is 14.9 Å². The van der Waals surface area contributed by atoms with Crippen molar-refractivity contribution in [3.05, 3.63) is 65.9 Å². The summed E-state index contributed by atoms with van der Waals surface area (Å²) >= 11 is 1.34. The van der Waals surface area contributed by atoms with Crippen molar-refractivity contribution in [3.8, 4) is 11.5 Å². The number of amidine groups is 2. The van der Waals surface area contributed by atoms with Gasteiger partial charge in [-0.25, -0.2) is 0 Å². The van der Waals surface area contributed by atoms with E-state index in [0.29, 0.717) is 18.3 Å². The van der Waals surface area contributed by atoms with Crippen LogP contribution in [0.2, 0.25) is 0 Å². The first-order chi connectivity index (χ1) is 16.6. The molecule has 0 bridgehead atoms. The molecule has 0 atom stereocenters. The molecule has 2 aliphatic rings. The summed E-state index contributed by atoms with van der Waals surface area (Å²) in [4.78, 5) is 16.9. The number of carbonyl (C=O) groups is 1. The van der Waals surface area contributed by atoms with Crippen molar-refractivity contribution in [1.82, 2.24) is 9.58 Å². The lowest BCUT2D eigenvalue weighted by Gasteiger charge is -2.20. The third kappa shape index (κ3) is 4.10. The van der Waals surface area contributed by atoms with E-state index >= 15 is 0 Å². The zero-order valence-electron chi connectivity index (χ0n) is 18.8. The van der Waals surface area contributed by atoms with Gasteiger partial charge in [0.05, 0.1) is 19.2 Å². The van der Waals surface area contributed by atoms with Crippen molar-refractivity contribution in [2.75, 3.05) is 13.7 Å². The number of hydrogen-bond acceptors (Lipinski definition) is 6. The van der Waals surface area contributed by atoms with Crippen LogP contribution in [0.25, 0.3) is 17.0 Å². The minimum atomic E-state index is -0.422. The number of hydrazone groups is 1. The highest BCUT2D eigenvalue weighted by Crippen LogP contribution is 2.31. The molecule has 8 nitrogen and oxygen atoms in total. The standard InChI is InChI=1S/C25H23N5O3S/c1-3-22-28-30-23(26)20(24(31)27-25(30)34-22)13-16-15-29(21-10-5-4-9-19(16)21)11-12-33-18-8-6-7-17(14-18)32-2/h4-10,13-15,26H,3,11-12H2,1-2H3/b20-13-,26-23?. The molecular formula is C25H23N5O3S. The van der Waals surface area contributed by atoms with Gasteiger partial charge in [-0.15, -0.1) is 0 Å². The molecule has 172 valence electrons. The summed E-state index contributed by atoms with van der Waals surface area (Å²) in [6.45, 7) is 3.06. The fourth-order valence-corrected chi connectivity index (χ4v) is 4.68. The number of benzene rings is 2. The topological polar surface area (TPSA) is 92.3 Å². The van der Waals surface area contributed by atoms with Gasteiger partial charge in [-0.2, -0.15) is 15.1 Å². The smallest absolute Gasteiger partial charge is 0.283 e. The van der Waals surface area contributed by atoms with E-state index < -0.39 is 5.91 Å². The average molecular weight is 474 g/mol. The Labute approximate surface area is 201 Å². The van der Waals surface area contributed by atoms with Crippen molar-refractivity contribution < 1.29 is 14.3 Å². The number of nitrogens with one attached hydrogen (secondary N) is 1. The third-order valence-corrected chi connectivity index (χ3v) is 6.61.